The zero-order chi connectivity index (χ0) is 20.4. The maximum absolute atomic E-state index is 12.9. The molecule has 0 unspecified atom stereocenters. The van der Waals surface area contributed by atoms with Crippen molar-refractivity contribution in [3.8, 4) is 0 Å². The van der Waals surface area contributed by atoms with Crippen molar-refractivity contribution >= 4 is 23.0 Å². The Hall–Kier alpha value is -2.64. The average Bonchev–Trinajstić information content (AvgIpc) is 2.98. The van der Waals surface area contributed by atoms with Crippen molar-refractivity contribution in [3.63, 3.8) is 0 Å². The summed E-state index contributed by atoms with van der Waals surface area (Å²) in [4.78, 5) is 41.7. The second-order valence-corrected chi connectivity index (χ2v) is 7.55. The SMILES string of the molecule is CCOC(=O)c1c(C)oc2ncn(CC(=O)N[C@H]3CCC[C@@H](C)[C@@H]3C)c(=O)c12. The third-order valence-electron chi connectivity index (χ3n) is 5.70. The Labute approximate surface area is 163 Å². The van der Waals surface area contributed by atoms with Crippen molar-refractivity contribution in [1.82, 2.24) is 14.9 Å². The van der Waals surface area contributed by atoms with E-state index in [4.69, 9.17) is 9.15 Å². The Morgan fingerprint density at radius 2 is 2.11 bits per heavy atom. The summed E-state index contributed by atoms with van der Waals surface area (Å²) in [7, 11) is 0. The van der Waals surface area contributed by atoms with Crippen molar-refractivity contribution in [2.75, 3.05) is 6.61 Å². The predicted octanol–water partition coefficient (Wildman–Crippen LogP) is 2.42. The first-order valence-electron chi connectivity index (χ1n) is 9.78. The lowest BCUT2D eigenvalue weighted by molar-refractivity contribution is -0.123. The molecule has 1 amide bonds. The van der Waals surface area contributed by atoms with Crippen LogP contribution in [0, 0.1) is 18.8 Å². The highest BCUT2D eigenvalue weighted by Gasteiger charge is 2.29. The summed E-state index contributed by atoms with van der Waals surface area (Å²) in [6.07, 6.45) is 4.47. The van der Waals surface area contributed by atoms with Gasteiger partial charge in [-0.05, 0) is 32.1 Å². The van der Waals surface area contributed by atoms with E-state index in [2.05, 4.69) is 24.1 Å². The molecule has 3 rings (SSSR count). The highest BCUT2D eigenvalue weighted by Crippen LogP contribution is 2.29. The fourth-order valence-corrected chi connectivity index (χ4v) is 3.89. The summed E-state index contributed by atoms with van der Waals surface area (Å²) in [6, 6.07) is 0.106. The number of hydrogen-bond donors (Lipinski definition) is 1. The van der Waals surface area contributed by atoms with Crippen molar-refractivity contribution in [2.24, 2.45) is 11.8 Å². The molecule has 1 fully saturated rings. The summed E-state index contributed by atoms with van der Waals surface area (Å²) in [5, 5.41) is 3.09. The van der Waals surface area contributed by atoms with Crippen LogP contribution in [0.5, 0.6) is 0 Å². The molecule has 1 aliphatic rings. The molecule has 2 aromatic rings. The molecular formula is C20H27N3O5. The van der Waals surface area contributed by atoms with Gasteiger partial charge in [-0.25, -0.2) is 9.78 Å². The van der Waals surface area contributed by atoms with Crippen LogP contribution in [0.3, 0.4) is 0 Å². The molecular weight excluding hydrogens is 362 g/mol. The molecule has 0 spiro atoms. The van der Waals surface area contributed by atoms with Gasteiger partial charge in [0.2, 0.25) is 11.6 Å². The van der Waals surface area contributed by atoms with Gasteiger partial charge in [0.15, 0.2) is 0 Å². The van der Waals surface area contributed by atoms with Crippen LogP contribution >= 0.6 is 0 Å². The minimum absolute atomic E-state index is 0.0471. The second-order valence-electron chi connectivity index (χ2n) is 7.55. The lowest BCUT2D eigenvalue weighted by Gasteiger charge is -2.34. The maximum atomic E-state index is 12.9. The van der Waals surface area contributed by atoms with Gasteiger partial charge in [0.1, 0.15) is 29.6 Å². The highest BCUT2D eigenvalue weighted by atomic mass is 16.5. The standard InChI is InChI=1S/C20H27N3O5/c1-5-27-20(26)16-13(4)28-18-17(16)19(25)23(10-21-18)9-15(24)22-14-8-6-7-11(2)12(14)3/h10-12,14H,5-9H2,1-4H3,(H,22,24)/t11-,12+,14+/m1/s1. The second kappa shape index (κ2) is 8.16. The Morgan fingerprint density at radius 3 is 2.82 bits per heavy atom. The van der Waals surface area contributed by atoms with Crippen LogP contribution in [0.2, 0.25) is 0 Å². The van der Waals surface area contributed by atoms with Gasteiger partial charge in [0.05, 0.1) is 6.61 Å². The average molecular weight is 389 g/mol. The molecule has 8 nitrogen and oxygen atoms in total. The lowest BCUT2D eigenvalue weighted by atomic mass is 9.78. The predicted molar refractivity (Wildman–Crippen MR) is 103 cm³/mol. The van der Waals surface area contributed by atoms with Gasteiger partial charge in [0, 0.05) is 6.04 Å². The summed E-state index contributed by atoms with van der Waals surface area (Å²) in [5.41, 5.74) is -0.360. The molecule has 0 saturated heterocycles. The molecule has 0 radical (unpaired) electrons. The first-order chi connectivity index (χ1) is 13.3. The smallest absolute Gasteiger partial charge is 0.342 e. The zero-order valence-electron chi connectivity index (χ0n) is 16.8. The summed E-state index contributed by atoms with van der Waals surface area (Å²) in [5.74, 6) is 0.338. The lowest BCUT2D eigenvalue weighted by Crippen LogP contribution is -2.45. The molecule has 2 heterocycles. The van der Waals surface area contributed by atoms with Crippen LogP contribution in [0.1, 0.15) is 56.2 Å². The van der Waals surface area contributed by atoms with Crippen molar-refractivity contribution < 1.29 is 18.7 Å². The number of aryl methyl sites for hydroxylation is 1. The molecule has 0 bridgehead atoms. The topological polar surface area (TPSA) is 103 Å². The third kappa shape index (κ3) is 3.81. The van der Waals surface area contributed by atoms with Crippen LogP contribution in [0.15, 0.2) is 15.5 Å². The zero-order valence-corrected chi connectivity index (χ0v) is 16.8. The van der Waals surface area contributed by atoms with Crippen LogP contribution in [-0.4, -0.2) is 34.1 Å². The highest BCUT2D eigenvalue weighted by molar-refractivity contribution is 6.03. The normalized spacial score (nSPS) is 22.2. The third-order valence-corrected chi connectivity index (χ3v) is 5.70. The molecule has 1 aliphatic carbocycles. The van der Waals surface area contributed by atoms with E-state index in [0.717, 1.165) is 12.8 Å². The molecule has 28 heavy (non-hydrogen) atoms. The van der Waals surface area contributed by atoms with E-state index in [9.17, 15) is 14.4 Å². The summed E-state index contributed by atoms with van der Waals surface area (Å²) >= 11 is 0. The number of amides is 1. The van der Waals surface area contributed by atoms with E-state index in [1.165, 1.54) is 17.3 Å². The molecule has 0 aliphatic heterocycles. The Kier molecular flexibility index (Phi) is 5.86. The van der Waals surface area contributed by atoms with Crippen LogP contribution in [-0.2, 0) is 16.1 Å². The number of ether oxygens (including phenoxy) is 1. The molecule has 1 N–H and O–H groups in total. The number of carbonyl (C=O) groups is 2. The molecule has 0 aromatic carbocycles. The van der Waals surface area contributed by atoms with Gasteiger partial charge in [-0.2, -0.15) is 0 Å². The van der Waals surface area contributed by atoms with Crippen molar-refractivity contribution in [1.29, 1.82) is 0 Å². The fourth-order valence-electron chi connectivity index (χ4n) is 3.89. The first kappa shape index (κ1) is 20.1. The van der Waals surface area contributed by atoms with E-state index in [0.29, 0.717) is 11.8 Å². The number of hydrogen-bond acceptors (Lipinski definition) is 6. The van der Waals surface area contributed by atoms with Crippen molar-refractivity contribution in [2.45, 2.75) is 59.5 Å². The van der Waals surface area contributed by atoms with E-state index in [-0.39, 0.29) is 47.5 Å². The van der Waals surface area contributed by atoms with Crippen LogP contribution in [0.25, 0.3) is 11.1 Å². The van der Waals surface area contributed by atoms with E-state index in [1.54, 1.807) is 13.8 Å². The van der Waals surface area contributed by atoms with Gasteiger partial charge in [-0.1, -0.05) is 26.7 Å². The van der Waals surface area contributed by atoms with Gasteiger partial charge < -0.3 is 14.5 Å². The summed E-state index contributed by atoms with van der Waals surface area (Å²) in [6.45, 7) is 7.63. The molecule has 3 atom stereocenters. The fraction of sp³-hybridized carbons (Fsp3) is 0.600. The van der Waals surface area contributed by atoms with E-state index < -0.39 is 11.5 Å². The molecule has 152 valence electrons. The number of nitrogens with zero attached hydrogens (tertiary/aromatic N) is 2. The number of furan rings is 1. The number of carbonyl (C=O) groups excluding carboxylic acids is 2. The maximum Gasteiger partial charge on any atom is 0.342 e. The van der Waals surface area contributed by atoms with E-state index >= 15 is 0 Å². The minimum atomic E-state index is -0.634. The largest absolute Gasteiger partial charge is 0.462 e. The van der Waals surface area contributed by atoms with Gasteiger partial charge in [-0.3, -0.25) is 14.2 Å². The Balaban J connectivity index is 1.84. The number of nitrogens with one attached hydrogen (secondary N) is 1. The van der Waals surface area contributed by atoms with Gasteiger partial charge in [0.25, 0.3) is 5.56 Å². The Bertz CT molecular complexity index is 945. The molecule has 8 heteroatoms. The number of fused-ring (bicyclic) bond motifs is 1. The number of rotatable bonds is 5. The van der Waals surface area contributed by atoms with Gasteiger partial charge >= 0.3 is 5.97 Å². The van der Waals surface area contributed by atoms with Crippen molar-refractivity contribution in [3.05, 3.63) is 28.0 Å². The number of esters is 1. The van der Waals surface area contributed by atoms with Gasteiger partial charge in [-0.15, -0.1) is 0 Å². The molecule has 2 aromatic heterocycles. The quantitative estimate of drug-likeness (QED) is 0.788. The number of aromatic nitrogens is 2. The minimum Gasteiger partial charge on any atom is -0.462 e. The first-order valence-corrected chi connectivity index (χ1v) is 9.78. The van der Waals surface area contributed by atoms with E-state index in [1.807, 2.05) is 0 Å². The molecule has 1 saturated carbocycles. The van der Waals surface area contributed by atoms with Crippen LogP contribution < -0.4 is 10.9 Å². The summed E-state index contributed by atoms with van der Waals surface area (Å²) < 4.78 is 11.6. The van der Waals surface area contributed by atoms with Crippen LogP contribution in [0.4, 0.5) is 0 Å². The Morgan fingerprint density at radius 1 is 1.36 bits per heavy atom. The monoisotopic (exact) mass is 389 g/mol.